The van der Waals surface area contributed by atoms with Crippen LogP contribution in [0, 0.1) is 11.7 Å². The van der Waals surface area contributed by atoms with Gasteiger partial charge in [0.25, 0.3) is 0 Å². The molecule has 1 aromatic carbocycles. The summed E-state index contributed by atoms with van der Waals surface area (Å²) in [6.45, 7) is 7.13. The lowest BCUT2D eigenvalue weighted by Gasteiger charge is -2.20. The fraction of sp³-hybridized carbons (Fsp3) is 0.429. The van der Waals surface area contributed by atoms with Gasteiger partial charge in [-0.1, -0.05) is 29.8 Å². The summed E-state index contributed by atoms with van der Waals surface area (Å²) in [7, 11) is 2.03. The quantitative estimate of drug-likeness (QED) is 0.869. The molecule has 1 aromatic heterocycles. The minimum Gasteiger partial charge on any atom is -0.340 e. The lowest BCUT2D eigenvalue weighted by Crippen LogP contribution is -2.21. The summed E-state index contributed by atoms with van der Waals surface area (Å²) >= 11 is 5.27. The van der Waals surface area contributed by atoms with E-state index in [0.29, 0.717) is 10.8 Å². The molecular formula is C14H20N4S. The largest absolute Gasteiger partial charge is 0.340 e. The molecule has 0 aliphatic carbocycles. The van der Waals surface area contributed by atoms with Gasteiger partial charge in [-0.25, -0.2) is 5.10 Å². The van der Waals surface area contributed by atoms with Gasteiger partial charge in [0, 0.05) is 19.6 Å². The molecule has 0 atom stereocenters. The zero-order valence-corrected chi connectivity index (χ0v) is 12.7. The number of H-pyrrole nitrogens is 1. The first-order valence-electron chi connectivity index (χ1n) is 6.42. The van der Waals surface area contributed by atoms with Gasteiger partial charge in [-0.2, -0.15) is 0 Å². The van der Waals surface area contributed by atoms with Crippen LogP contribution in [0.25, 0.3) is 0 Å². The van der Waals surface area contributed by atoms with E-state index in [4.69, 9.17) is 12.2 Å². The molecule has 2 rings (SSSR count). The Morgan fingerprint density at radius 1 is 1.42 bits per heavy atom. The average molecular weight is 276 g/mol. The van der Waals surface area contributed by atoms with Crippen molar-refractivity contribution in [1.82, 2.24) is 14.8 Å². The van der Waals surface area contributed by atoms with E-state index < -0.39 is 0 Å². The van der Waals surface area contributed by atoms with E-state index in [0.717, 1.165) is 12.5 Å². The van der Waals surface area contributed by atoms with Crippen molar-refractivity contribution in [3.8, 4) is 0 Å². The van der Waals surface area contributed by atoms with Gasteiger partial charge in [0.1, 0.15) is 0 Å². The highest BCUT2D eigenvalue weighted by Gasteiger charge is 2.13. The summed E-state index contributed by atoms with van der Waals surface area (Å²) < 4.78 is 2.70. The summed E-state index contributed by atoms with van der Waals surface area (Å²) in [6.07, 6.45) is 0. The summed E-state index contributed by atoms with van der Waals surface area (Å²) in [5.74, 6) is 0.876. The predicted octanol–water partition coefficient (Wildman–Crippen LogP) is 3.47. The number of benzene rings is 1. The number of aromatic amines is 1. The van der Waals surface area contributed by atoms with Gasteiger partial charge in [0.15, 0.2) is 4.77 Å². The van der Waals surface area contributed by atoms with Crippen LogP contribution in [0.1, 0.15) is 31.0 Å². The van der Waals surface area contributed by atoms with E-state index in [-0.39, 0.29) is 0 Å². The predicted molar refractivity (Wildman–Crippen MR) is 81.1 cm³/mol. The molecule has 102 valence electrons. The number of hydrogen-bond donors (Lipinski definition) is 1. The average Bonchev–Trinajstić information content (AvgIpc) is 2.71. The third-order valence-electron chi connectivity index (χ3n) is 3.05. The zero-order valence-electron chi connectivity index (χ0n) is 11.8. The number of hydrogen-bond acceptors (Lipinski definition) is 3. The second-order valence-corrected chi connectivity index (χ2v) is 5.52. The minimum atomic E-state index is 0.293. The van der Waals surface area contributed by atoms with Gasteiger partial charge in [-0.3, -0.25) is 4.57 Å². The summed E-state index contributed by atoms with van der Waals surface area (Å²) in [5.41, 5.74) is 2.54. The number of nitrogens with zero attached hydrogens (tertiary/aromatic N) is 3. The Hall–Kier alpha value is -1.62. The molecule has 5 heteroatoms. The van der Waals surface area contributed by atoms with E-state index in [9.17, 15) is 0 Å². The second kappa shape index (κ2) is 5.57. The first-order valence-corrected chi connectivity index (χ1v) is 6.83. The van der Waals surface area contributed by atoms with Crippen molar-refractivity contribution < 1.29 is 0 Å². The molecule has 4 nitrogen and oxygen atoms in total. The van der Waals surface area contributed by atoms with Gasteiger partial charge in [-0.05, 0) is 38.6 Å². The van der Waals surface area contributed by atoms with E-state index in [1.54, 1.807) is 0 Å². The Morgan fingerprint density at radius 3 is 2.79 bits per heavy atom. The summed E-state index contributed by atoms with van der Waals surface area (Å²) in [6, 6.07) is 8.80. The highest BCUT2D eigenvalue weighted by atomic mass is 32.1. The van der Waals surface area contributed by atoms with Crippen molar-refractivity contribution in [2.24, 2.45) is 0 Å². The molecule has 0 radical (unpaired) electrons. The van der Waals surface area contributed by atoms with E-state index in [1.807, 2.05) is 11.6 Å². The van der Waals surface area contributed by atoms with Gasteiger partial charge in [-0.15, -0.1) is 5.10 Å². The molecule has 1 N–H and O–H groups in total. The maximum atomic E-state index is 5.27. The highest BCUT2D eigenvalue weighted by Crippen LogP contribution is 2.18. The normalized spacial score (nSPS) is 11.0. The summed E-state index contributed by atoms with van der Waals surface area (Å²) in [4.78, 5) is 2.11. The molecular weight excluding hydrogens is 256 g/mol. The number of rotatable bonds is 4. The zero-order chi connectivity index (χ0) is 14.0. The molecule has 0 aliphatic heterocycles. The molecule has 0 spiro atoms. The third kappa shape index (κ3) is 3.04. The standard InChI is InChI=1S/C14H20N4S/c1-10(2)18-13(15-16-14(18)19)17(4)9-12-7-5-6-11(3)8-12/h5-8,10H,9H2,1-4H3,(H,16,19). The van der Waals surface area contributed by atoms with E-state index in [2.05, 4.69) is 60.1 Å². The Balaban J connectivity index is 2.25. The van der Waals surface area contributed by atoms with Crippen molar-refractivity contribution in [3.05, 3.63) is 40.2 Å². The maximum Gasteiger partial charge on any atom is 0.226 e. The number of anilines is 1. The molecule has 0 saturated heterocycles. The van der Waals surface area contributed by atoms with Gasteiger partial charge >= 0.3 is 0 Å². The highest BCUT2D eigenvalue weighted by molar-refractivity contribution is 7.71. The molecule has 19 heavy (non-hydrogen) atoms. The Kier molecular flexibility index (Phi) is 4.04. The smallest absolute Gasteiger partial charge is 0.226 e. The molecule has 0 saturated carbocycles. The van der Waals surface area contributed by atoms with Crippen LogP contribution < -0.4 is 4.90 Å². The first-order chi connectivity index (χ1) is 8.99. The van der Waals surface area contributed by atoms with E-state index >= 15 is 0 Å². The molecule has 2 aromatic rings. The van der Waals surface area contributed by atoms with Crippen LogP contribution in [0.15, 0.2) is 24.3 Å². The van der Waals surface area contributed by atoms with Gasteiger partial charge in [0.2, 0.25) is 5.95 Å². The monoisotopic (exact) mass is 276 g/mol. The Labute approximate surface area is 119 Å². The first kappa shape index (κ1) is 13.8. The van der Waals surface area contributed by atoms with Crippen molar-refractivity contribution in [1.29, 1.82) is 0 Å². The van der Waals surface area contributed by atoms with Crippen LogP contribution in [0.2, 0.25) is 0 Å². The second-order valence-electron chi connectivity index (χ2n) is 5.14. The van der Waals surface area contributed by atoms with Gasteiger partial charge < -0.3 is 4.90 Å². The SMILES string of the molecule is Cc1cccc(CN(C)c2n[nH]c(=S)n2C(C)C)c1. The Morgan fingerprint density at radius 2 is 2.16 bits per heavy atom. The van der Waals surface area contributed by atoms with Crippen molar-refractivity contribution in [2.75, 3.05) is 11.9 Å². The molecule has 1 heterocycles. The topological polar surface area (TPSA) is 36.9 Å². The van der Waals surface area contributed by atoms with Gasteiger partial charge in [0.05, 0.1) is 0 Å². The third-order valence-corrected chi connectivity index (χ3v) is 3.33. The van der Waals surface area contributed by atoms with Crippen molar-refractivity contribution in [3.63, 3.8) is 0 Å². The van der Waals surface area contributed by atoms with Crippen LogP contribution in [-0.2, 0) is 6.54 Å². The lowest BCUT2D eigenvalue weighted by atomic mass is 10.1. The molecule has 0 unspecified atom stereocenters. The van der Waals surface area contributed by atoms with Crippen LogP contribution in [0.3, 0.4) is 0 Å². The fourth-order valence-corrected chi connectivity index (χ4v) is 2.52. The fourth-order valence-electron chi connectivity index (χ4n) is 2.19. The maximum absolute atomic E-state index is 5.27. The summed E-state index contributed by atoms with van der Waals surface area (Å²) in [5, 5.41) is 7.20. The lowest BCUT2D eigenvalue weighted by molar-refractivity contribution is 0.583. The van der Waals surface area contributed by atoms with Crippen molar-refractivity contribution in [2.45, 2.75) is 33.4 Å². The van der Waals surface area contributed by atoms with Crippen LogP contribution >= 0.6 is 12.2 Å². The molecule has 0 fully saturated rings. The molecule has 0 aliphatic rings. The van der Waals surface area contributed by atoms with Crippen LogP contribution in [-0.4, -0.2) is 21.8 Å². The molecule has 0 bridgehead atoms. The van der Waals surface area contributed by atoms with Crippen LogP contribution in [0.4, 0.5) is 5.95 Å². The van der Waals surface area contributed by atoms with E-state index in [1.165, 1.54) is 11.1 Å². The number of aromatic nitrogens is 3. The van der Waals surface area contributed by atoms with Crippen molar-refractivity contribution >= 4 is 18.2 Å². The minimum absolute atomic E-state index is 0.293. The molecule has 0 amide bonds. The Bertz CT molecular complexity index is 612. The number of nitrogens with one attached hydrogen (secondary N) is 1. The van der Waals surface area contributed by atoms with Crippen LogP contribution in [0.5, 0.6) is 0 Å². The number of aryl methyl sites for hydroxylation is 1.